The summed E-state index contributed by atoms with van der Waals surface area (Å²) >= 11 is 0. The average Bonchev–Trinajstić information content (AvgIpc) is 2.99. The van der Waals surface area contributed by atoms with Crippen molar-refractivity contribution in [2.24, 2.45) is 0 Å². The van der Waals surface area contributed by atoms with Crippen LogP contribution in [0.4, 0.5) is 0 Å². The Kier molecular flexibility index (Phi) is 3.66. The Hall–Kier alpha value is -2.25. The second kappa shape index (κ2) is 5.39. The summed E-state index contributed by atoms with van der Waals surface area (Å²) in [6.07, 6.45) is 2.02. The molecule has 0 bridgehead atoms. The van der Waals surface area contributed by atoms with Crippen molar-refractivity contribution in [1.82, 2.24) is 35.7 Å². The van der Waals surface area contributed by atoms with Crippen LogP contribution in [0.25, 0.3) is 0 Å². The highest BCUT2D eigenvalue weighted by Crippen LogP contribution is 2.07. The number of carbonyl (C=O) groups is 1. The van der Waals surface area contributed by atoms with Gasteiger partial charge in [-0.05, 0) is 0 Å². The summed E-state index contributed by atoms with van der Waals surface area (Å²) in [5, 5.41) is 15.8. The zero-order valence-corrected chi connectivity index (χ0v) is 10.3. The third-order valence-corrected chi connectivity index (χ3v) is 2.36. The molecule has 0 aromatic carbocycles. The minimum Gasteiger partial charge on any atom is -0.349 e. The van der Waals surface area contributed by atoms with Gasteiger partial charge in [-0.3, -0.25) is 15.0 Å². The van der Waals surface area contributed by atoms with E-state index >= 15 is 0 Å². The van der Waals surface area contributed by atoms with E-state index in [0.29, 0.717) is 18.8 Å². The number of carbonyl (C=O) groups excluding carboxylic acids is 1. The van der Waals surface area contributed by atoms with E-state index in [9.17, 15) is 4.79 Å². The van der Waals surface area contributed by atoms with Gasteiger partial charge in [-0.25, -0.2) is 9.97 Å². The highest BCUT2D eigenvalue weighted by atomic mass is 16.2. The van der Waals surface area contributed by atoms with E-state index in [1.165, 1.54) is 6.33 Å². The Balaban J connectivity index is 1.83. The zero-order chi connectivity index (χ0) is 13.0. The first-order valence-electron chi connectivity index (χ1n) is 5.71. The van der Waals surface area contributed by atoms with E-state index in [0.717, 1.165) is 5.82 Å². The molecule has 0 saturated heterocycles. The number of hydrogen-bond acceptors (Lipinski definition) is 5. The van der Waals surface area contributed by atoms with Crippen molar-refractivity contribution < 1.29 is 4.79 Å². The fourth-order valence-electron chi connectivity index (χ4n) is 1.36. The largest absolute Gasteiger partial charge is 0.349 e. The van der Waals surface area contributed by atoms with E-state index in [1.807, 2.05) is 13.8 Å². The topological polar surface area (TPSA) is 112 Å². The maximum Gasteiger partial charge on any atom is 0.290 e. The SMILES string of the molecule is CC(C)c1nc(C(=O)NCCc2ncn[nH]2)n[nH]1. The highest BCUT2D eigenvalue weighted by Gasteiger charge is 2.13. The molecule has 18 heavy (non-hydrogen) atoms. The van der Waals surface area contributed by atoms with Crippen LogP contribution in [0.2, 0.25) is 0 Å². The van der Waals surface area contributed by atoms with Gasteiger partial charge in [0.05, 0.1) is 0 Å². The van der Waals surface area contributed by atoms with E-state index in [-0.39, 0.29) is 17.6 Å². The molecule has 0 atom stereocenters. The number of aromatic amines is 2. The third kappa shape index (κ3) is 2.90. The lowest BCUT2D eigenvalue weighted by molar-refractivity contribution is 0.0944. The second-order valence-electron chi connectivity index (χ2n) is 4.14. The van der Waals surface area contributed by atoms with Crippen LogP contribution in [0.5, 0.6) is 0 Å². The number of nitrogens with one attached hydrogen (secondary N) is 3. The molecule has 0 unspecified atom stereocenters. The molecule has 1 amide bonds. The zero-order valence-electron chi connectivity index (χ0n) is 10.3. The quantitative estimate of drug-likeness (QED) is 0.691. The molecule has 0 fully saturated rings. The highest BCUT2D eigenvalue weighted by molar-refractivity contribution is 5.90. The summed E-state index contributed by atoms with van der Waals surface area (Å²) in [6, 6.07) is 0. The maximum atomic E-state index is 11.7. The smallest absolute Gasteiger partial charge is 0.290 e. The summed E-state index contributed by atoms with van der Waals surface area (Å²) in [6.45, 7) is 4.41. The molecule has 0 aliphatic heterocycles. The van der Waals surface area contributed by atoms with Crippen LogP contribution >= 0.6 is 0 Å². The lowest BCUT2D eigenvalue weighted by Gasteiger charge is -2.00. The van der Waals surface area contributed by atoms with Crippen LogP contribution < -0.4 is 5.32 Å². The number of H-pyrrole nitrogens is 2. The van der Waals surface area contributed by atoms with Gasteiger partial charge in [0.15, 0.2) is 0 Å². The number of amides is 1. The van der Waals surface area contributed by atoms with E-state index in [1.54, 1.807) is 0 Å². The van der Waals surface area contributed by atoms with Crippen LogP contribution in [-0.2, 0) is 6.42 Å². The number of nitrogens with zero attached hydrogens (tertiary/aromatic N) is 4. The van der Waals surface area contributed by atoms with Crippen molar-refractivity contribution in [2.45, 2.75) is 26.2 Å². The predicted octanol–water partition coefficient (Wildman–Crippen LogP) is 0.0187. The van der Waals surface area contributed by atoms with Crippen molar-refractivity contribution in [1.29, 1.82) is 0 Å². The Morgan fingerprint density at radius 1 is 1.44 bits per heavy atom. The Morgan fingerprint density at radius 2 is 2.28 bits per heavy atom. The summed E-state index contributed by atoms with van der Waals surface area (Å²) in [4.78, 5) is 19.8. The van der Waals surface area contributed by atoms with Gasteiger partial charge >= 0.3 is 0 Å². The molecule has 8 nitrogen and oxygen atoms in total. The normalized spacial score (nSPS) is 10.8. The molecule has 0 saturated carbocycles. The molecule has 2 aromatic rings. The van der Waals surface area contributed by atoms with Crippen LogP contribution in [0.15, 0.2) is 6.33 Å². The fraction of sp³-hybridized carbons (Fsp3) is 0.500. The predicted molar refractivity (Wildman–Crippen MR) is 62.9 cm³/mol. The van der Waals surface area contributed by atoms with Crippen molar-refractivity contribution in [3.63, 3.8) is 0 Å². The molecule has 0 aliphatic carbocycles. The van der Waals surface area contributed by atoms with Crippen LogP contribution in [-0.4, -0.2) is 42.8 Å². The molecule has 96 valence electrons. The van der Waals surface area contributed by atoms with Gasteiger partial charge in [-0.15, -0.1) is 5.10 Å². The van der Waals surface area contributed by atoms with E-state index < -0.39 is 0 Å². The summed E-state index contributed by atoms with van der Waals surface area (Å²) in [5.74, 6) is 1.52. The van der Waals surface area contributed by atoms with Crippen LogP contribution in [0.1, 0.15) is 42.0 Å². The second-order valence-corrected chi connectivity index (χ2v) is 4.14. The summed E-state index contributed by atoms with van der Waals surface area (Å²) in [7, 11) is 0. The molecule has 0 radical (unpaired) electrons. The molecular formula is C10H15N7O. The summed E-state index contributed by atoms with van der Waals surface area (Å²) in [5.41, 5.74) is 0. The lowest BCUT2D eigenvalue weighted by Crippen LogP contribution is -2.27. The third-order valence-electron chi connectivity index (χ3n) is 2.36. The standard InChI is InChI=1S/C10H15N7O/c1-6(2)8-14-9(17-16-8)10(18)11-4-3-7-12-5-13-15-7/h5-6H,3-4H2,1-2H3,(H,11,18)(H,12,13,15)(H,14,16,17). The molecule has 2 heterocycles. The molecule has 2 rings (SSSR count). The first-order chi connectivity index (χ1) is 8.66. The minimum atomic E-state index is -0.294. The van der Waals surface area contributed by atoms with Gasteiger partial charge < -0.3 is 5.32 Å². The first-order valence-corrected chi connectivity index (χ1v) is 5.71. The van der Waals surface area contributed by atoms with Crippen molar-refractivity contribution >= 4 is 5.91 Å². The molecule has 3 N–H and O–H groups in total. The number of rotatable bonds is 5. The van der Waals surface area contributed by atoms with E-state index in [4.69, 9.17) is 0 Å². The Labute approximate surface area is 104 Å². The van der Waals surface area contributed by atoms with Gasteiger partial charge in [0, 0.05) is 18.9 Å². The number of hydrogen-bond donors (Lipinski definition) is 3. The Morgan fingerprint density at radius 3 is 2.89 bits per heavy atom. The maximum absolute atomic E-state index is 11.7. The molecular weight excluding hydrogens is 234 g/mol. The monoisotopic (exact) mass is 249 g/mol. The lowest BCUT2D eigenvalue weighted by atomic mass is 10.2. The average molecular weight is 249 g/mol. The molecule has 0 spiro atoms. The van der Waals surface area contributed by atoms with Crippen LogP contribution in [0, 0.1) is 0 Å². The fourth-order valence-corrected chi connectivity index (χ4v) is 1.36. The number of aromatic nitrogens is 6. The van der Waals surface area contributed by atoms with Gasteiger partial charge in [-0.2, -0.15) is 5.10 Å². The van der Waals surface area contributed by atoms with Gasteiger partial charge in [-0.1, -0.05) is 13.8 Å². The van der Waals surface area contributed by atoms with Crippen molar-refractivity contribution in [3.8, 4) is 0 Å². The van der Waals surface area contributed by atoms with Gasteiger partial charge in [0.25, 0.3) is 5.91 Å². The molecule has 2 aromatic heterocycles. The molecule has 0 aliphatic rings. The van der Waals surface area contributed by atoms with Crippen molar-refractivity contribution in [3.05, 3.63) is 23.8 Å². The van der Waals surface area contributed by atoms with Gasteiger partial charge in [0.1, 0.15) is 18.0 Å². The summed E-state index contributed by atoms with van der Waals surface area (Å²) < 4.78 is 0. The van der Waals surface area contributed by atoms with Gasteiger partial charge in [0.2, 0.25) is 5.82 Å². The van der Waals surface area contributed by atoms with Crippen LogP contribution in [0.3, 0.4) is 0 Å². The van der Waals surface area contributed by atoms with E-state index in [2.05, 4.69) is 35.7 Å². The Bertz CT molecular complexity index is 502. The molecule has 8 heteroatoms. The van der Waals surface area contributed by atoms with Crippen molar-refractivity contribution in [2.75, 3.05) is 6.54 Å². The first kappa shape index (κ1) is 12.2. The minimum absolute atomic E-state index is 0.163.